The van der Waals surface area contributed by atoms with Gasteiger partial charge in [0, 0.05) is 16.2 Å². The van der Waals surface area contributed by atoms with E-state index in [0.717, 1.165) is 0 Å². The van der Waals surface area contributed by atoms with E-state index in [2.05, 4.69) is 55.4 Å². The minimum Gasteiger partial charge on any atom is -0.259 e. The summed E-state index contributed by atoms with van der Waals surface area (Å²) in [5, 5.41) is 3.38. The maximum Gasteiger partial charge on any atom is 0.0746 e. The highest BCUT2D eigenvalue weighted by Gasteiger charge is 2.43. The van der Waals surface area contributed by atoms with Crippen molar-refractivity contribution in [2.45, 2.75) is 73.9 Å². The van der Waals surface area contributed by atoms with E-state index < -0.39 is 8.07 Å². The van der Waals surface area contributed by atoms with E-state index in [9.17, 15) is 0 Å². The van der Waals surface area contributed by atoms with E-state index in [4.69, 9.17) is 4.76 Å². The van der Waals surface area contributed by atoms with Gasteiger partial charge in [-0.15, -0.1) is 0 Å². The van der Waals surface area contributed by atoms with Crippen molar-refractivity contribution in [2.24, 2.45) is 15.6 Å². The van der Waals surface area contributed by atoms with Crippen molar-refractivity contribution < 1.29 is 0 Å². The molecule has 1 nitrogen and oxygen atoms in total. The maximum absolute atomic E-state index is 5.30. The van der Waals surface area contributed by atoms with Gasteiger partial charge in [-0.25, -0.2) is 0 Å². The molecule has 3 aliphatic rings. The number of hydrogen-bond donors (Lipinski definition) is 0. The first-order valence-electron chi connectivity index (χ1n) is 7.80. The standard InChI is InChI=1S/C17H29NP2/c1-9-11-12(10-2)20-15(17(6,7)8)19-13(11)14(18-20)16(3,4)5/h13H,9-10H2,1-8H3. The SMILES string of the molecule is CCC1=C(CC)P2N=C(C(C)(C)C)C1P=C2C(C)(C)C. The lowest BCUT2D eigenvalue weighted by Gasteiger charge is -2.44. The zero-order chi connectivity index (χ0) is 15.3. The van der Waals surface area contributed by atoms with E-state index in [-0.39, 0.29) is 10.8 Å². The molecule has 0 aromatic rings. The maximum atomic E-state index is 5.30. The largest absolute Gasteiger partial charge is 0.259 e. The first kappa shape index (κ1) is 16.4. The third-order valence-corrected chi connectivity index (χ3v) is 9.28. The number of hydrogen-bond acceptors (Lipinski definition) is 1. The van der Waals surface area contributed by atoms with Crippen LogP contribution in [0.2, 0.25) is 0 Å². The monoisotopic (exact) mass is 309 g/mol. The normalized spacial score (nSPS) is 27.6. The van der Waals surface area contributed by atoms with Crippen LogP contribution in [0.15, 0.2) is 15.7 Å². The van der Waals surface area contributed by atoms with Crippen molar-refractivity contribution in [3.05, 3.63) is 10.9 Å². The van der Waals surface area contributed by atoms with Crippen LogP contribution in [0.4, 0.5) is 0 Å². The van der Waals surface area contributed by atoms with Gasteiger partial charge >= 0.3 is 0 Å². The van der Waals surface area contributed by atoms with Crippen LogP contribution in [-0.2, 0) is 0 Å². The minimum absolute atomic E-state index is 0.210. The molecule has 3 rings (SSSR count). The van der Waals surface area contributed by atoms with Crippen LogP contribution in [-0.4, -0.2) is 16.4 Å². The second-order valence-corrected chi connectivity index (χ2v) is 11.2. The molecule has 0 aromatic heterocycles. The van der Waals surface area contributed by atoms with Crippen molar-refractivity contribution in [3.63, 3.8) is 0 Å². The Morgan fingerprint density at radius 2 is 1.60 bits per heavy atom. The summed E-state index contributed by atoms with van der Waals surface area (Å²) >= 11 is 0. The van der Waals surface area contributed by atoms with Crippen molar-refractivity contribution in [2.75, 3.05) is 0 Å². The molecule has 0 saturated carbocycles. The number of rotatable bonds is 2. The Balaban J connectivity index is 2.55. The van der Waals surface area contributed by atoms with E-state index in [1.54, 1.807) is 24.1 Å². The van der Waals surface area contributed by atoms with Crippen LogP contribution in [0, 0.1) is 10.8 Å². The Morgan fingerprint density at radius 3 is 2.00 bits per heavy atom. The van der Waals surface area contributed by atoms with Gasteiger partial charge in [-0.05, 0) is 29.1 Å². The van der Waals surface area contributed by atoms with Gasteiger partial charge in [0.1, 0.15) is 0 Å². The molecule has 0 N–H and O–H groups in total. The van der Waals surface area contributed by atoms with Crippen molar-refractivity contribution in [3.8, 4) is 0 Å². The van der Waals surface area contributed by atoms with Crippen LogP contribution < -0.4 is 0 Å². The van der Waals surface area contributed by atoms with Crippen LogP contribution in [0.25, 0.3) is 0 Å². The molecule has 0 saturated heterocycles. The number of nitrogens with zero attached hydrogens (tertiary/aromatic N) is 1. The van der Waals surface area contributed by atoms with E-state index in [0.29, 0.717) is 5.66 Å². The Labute approximate surface area is 128 Å². The molecule has 0 fully saturated rings. The average Bonchev–Trinajstić information content (AvgIpc) is 2.34. The zero-order valence-corrected chi connectivity index (χ0v) is 16.1. The van der Waals surface area contributed by atoms with Gasteiger partial charge in [0.2, 0.25) is 0 Å². The molecule has 2 unspecified atom stereocenters. The summed E-state index contributed by atoms with van der Waals surface area (Å²) in [6, 6.07) is 0. The quantitative estimate of drug-likeness (QED) is 0.519. The molecule has 3 heterocycles. The first-order valence-corrected chi connectivity index (χ1v) is 10.1. The molecular formula is C17H29NP2. The predicted octanol–water partition coefficient (Wildman–Crippen LogP) is 6.46. The van der Waals surface area contributed by atoms with Gasteiger partial charge in [-0.2, -0.15) is 0 Å². The highest BCUT2D eigenvalue weighted by Crippen LogP contribution is 2.65. The first-order chi connectivity index (χ1) is 9.11. The summed E-state index contributed by atoms with van der Waals surface area (Å²) in [5.41, 5.74) is 4.25. The fourth-order valence-electron chi connectivity index (χ4n) is 3.02. The Kier molecular flexibility index (Phi) is 4.37. The fourth-order valence-corrected chi connectivity index (χ4v) is 8.78. The summed E-state index contributed by atoms with van der Waals surface area (Å²) in [5.74, 6) is 0. The third kappa shape index (κ3) is 2.69. The average molecular weight is 309 g/mol. The molecule has 0 aliphatic carbocycles. The highest BCUT2D eigenvalue weighted by molar-refractivity contribution is 7.88. The van der Waals surface area contributed by atoms with Gasteiger partial charge in [0.25, 0.3) is 0 Å². The van der Waals surface area contributed by atoms with Crippen LogP contribution in [0.3, 0.4) is 0 Å². The zero-order valence-electron chi connectivity index (χ0n) is 14.3. The van der Waals surface area contributed by atoms with E-state index in [1.165, 1.54) is 18.6 Å². The van der Waals surface area contributed by atoms with Gasteiger partial charge in [-0.1, -0.05) is 63.6 Å². The Hall–Kier alpha value is 0.01000. The van der Waals surface area contributed by atoms with Gasteiger partial charge in [0.05, 0.1) is 13.7 Å². The highest BCUT2D eigenvalue weighted by atomic mass is 31.2. The summed E-state index contributed by atoms with van der Waals surface area (Å²) in [6.45, 7) is 18.7. The van der Waals surface area contributed by atoms with Crippen molar-refractivity contribution in [1.29, 1.82) is 0 Å². The molecule has 0 amide bonds. The third-order valence-electron chi connectivity index (χ3n) is 4.03. The Morgan fingerprint density at radius 1 is 1.00 bits per heavy atom. The minimum atomic E-state index is -0.395. The summed E-state index contributed by atoms with van der Waals surface area (Å²) in [7, 11) is 1.16. The van der Waals surface area contributed by atoms with Crippen molar-refractivity contribution in [1.82, 2.24) is 0 Å². The van der Waals surface area contributed by atoms with Gasteiger partial charge in [-0.3, -0.25) is 4.76 Å². The smallest absolute Gasteiger partial charge is 0.0746 e. The van der Waals surface area contributed by atoms with E-state index >= 15 is 0 Å². The topological polar surface area (TPSA) is 12.4 Å². The lowest BCUT2D eigenvalue weighted by molar-refractivity contribution is 0.581. The molecule has 0 radical (unpaired) electrons. The molecule has 20 heavy (non-hydrogen) atoms. The second kappa shape index (κ2) is 5.33. The van der Waals surface area contributed by atoms with Gasteiger partial charge < -0.3 is 0 Å². The van der Waals surface area contributed by atoms with Crippen LogP contribution >= 0.6 is 16.3 Å². The molecule has 2 atom stereocenters. The molecule has 3 aliphatic heterocycles. The van der Waals surface area contributed by atoms with Crippen LogP contribution in [0.5, 0.6) is 0 Å². The molecule has 2 bridgehead atoms. The lowest BCUT2D eigenvalue weighted by Crippen LogP contribution is -2.37. The number of allylic oxidation sites excluding steroid dienone is 2. The molecule has 112 valence electrons. The molecule has 3 heteroatoms. The molecule has 0 spiro atoms. The predicted molar refractivity (Wildman–Crippen MR) is 96.6 cm³/mol. The van der Waals surface area contributed by atoms with Gasteiger partial charge in [0.15, 0.2) is 0 Å². The molecule has 0 aromatic carbocycles. The second-order valence-electron chi connectivity index (χ2n) is 7.83. The lowest BCUT2D eigenvalue weighted by atomic mass is 9.85. The van der Waals surface area contributed by atoms with Crippen LogP contribution in [0.1, 0.15) is 68.2 Å². The summed E-state index contributed by atoms with van der Waals surface area (Å²) < 4.78 is 5.30. The van der Waals surface area contributed by atoms with E-state index in [1.807, 2.05) is 0 Å². The van der Waals surface area contributed by atoms with Crippen molar-refractivity contribution >= 4 is 27.0 Å². The summed E-state index contributed by atoms with van der Waals surface area (Å²) in [4.78, 5) is 0. The summed E-state index contributed by atoms with van der Waals surface area (Å²) in [6.07, 6.45) is 2.38. The Bertz CT molecular complexity index is 452. The molecular weight excluding hydrogens is 280 g/mol. The fraction of sp³-hybridized carbons (Fsp3) is 0.765.